The third-order valence-corrected chi connectivity index (χ3v) is 5.27. The van der Waals surface area contributed by atoms with E-state index >= 15 is 0 Å². The second-order valence-electron chi connectivity index (χ2n) is 3.57. The maximum absolute atomic E-state index is 12.2. The van der Waals surface area contributed by atoms with Gasteiger partial charge in [0.2, 0.25) is 10.0 Å². The molecule has 6 nitrogen and oxygen atoms in total. The van der Waals surface area contributed by atoms with Crippen molar-refractivity contribution in [2.75, 3.05) is 30.3 Å². The largest absolute Gasteiger partial charge is 0.381 e. The van der Waals surface area contributed by atoms with Crippen LogP contribution in [-0.2, 0) is 17.1 Å². The van der Waals surface area contributed by atoms with Gasteiger partial charge in [-0.25, -0.2) is 8.42 Å². The third-order valence-electron chi connectivity index (χ3n) is 2.41. The van der Waals surface area contributed by atoms with Gasteiger partial charge in [-0.1, -0.05) is 0 Å². The normalized spacial score (nSPS) is 18.8. The summed E-state index contributed by atoms with van der Waals surface area (Å²) in [5, 5.41) is 3.86. The van der Waals surface area contributed by atoms with Crippen LogP contribution in [0.2, 0.25) is 0 Å². The summed E-state index contributed by atoms with van der Waals surface area (Å²) in [6.07, 6.45) is 1.45. The van der Waals surface area contributed by atoms with Crippen molar-refractivity contribution in [2.45, 2.75) is 4.90 Å². The summed E-state index contributed by atoms with van der Waals surface area (Å²) >= 11 is 1.76. The highest BCUT2D eigenvalue weighted by molar-refractivity contribution is 7.99. The van der Waals surface area contributed by atoms with Gasteiger partial charge in [-0.15, -0.1) is 0 Å². The molecule has 1 fully saturated rings. The monoisotopic (exact) mass is 262 g/mol. The number of aromatic nitrogens is 2. The molecule has 1 aliphatic rings. The molecule has 1 aromatic heterocycles. The van der Waals surface area contributed by atoms with Crippen LogP contribution in [0.25, 0.3) is 0 Å². The van der Waals surface area contributed by atoms with Crippen molar-refractivity contribution < 1.29 is 8.42 Å². The van der Waals surface area contributed by atoms with E-state index in [1.165, 1.54) is 15.2 Å². The van der Waals surface area contributed by atoms with Gasteiger partial charge >= 0.3 is 0 Å². The number of anilines is 1. The average molecular weight is 262 g/mol. The summed E-state index contributed by atoms with van der Waals surface area (Å²) in [7, 11) is -1.81. The minimum atomic E-state index is -3.46. The fraction of sp³-hybridized carbons (Fsp3) is 0.625. The molecule has 1 saturated heterocycles. The number of nitrogen functional groups attached to an aromatic ring is 1. The topological polar surface area (TPSA) is 81.2 Å². The lowest BCUT2D eigenvalue weighted by Gasteiger charge is -2.25. The van der Waals surface area contributed by atoms with Gasteiger partial charge in [-0.05, 0) is 0 Å². The molecule has 1 aromatic rings. The van der Waals surface area contributed by atoms with E-state index in [2.05, 4.69) is 5.10 Å². The first-order valence-electron chi connectivity index (χ1n) is 4.89. The molecule has 0 saturated carbocycles. The van der Waals surface area contributed by atoms with Crippen LogP contribution in [0.5, 0.6) is 0 Å². The first kappa shape index (κ1) is 11.7. The Morgan fingerprint density at radius 2 is 2.06 bits per heavy atom. The number of aryl methyl sites for hydroxylation is 1. The summed E-state index contributed by atoms with van der Waals surface area (Å²) in [4.78, 5) is 0.113. The van der Waals surface area contributed by atoms with Gasteiger partial charge in [0.15, 0.2) is 5.82 Å². The number of nitrogens with two attached hydrogens (primary N) is 1. The molecule has 0 aliphatic carbocycles. The second-order valence-corrected chi connectivity index (χ2v) is 6.70. The number of hydrogen-bond acceptors (Lipinski definition) is 5. The molecule has 1 aliphatic heterocycles. The molecule has 0 atom stereocenters. The molecule has 0 unspecified atom stereocenters. The molecule has 0 bridgehead atoms. The molecule has 8 heteroatoms. The Kier molecular flexibility index (Phi) is 3.13. The van der Waals surface area contributed by atoms with Gasteiger partial charge < -0.3 is 5.73 Å². The Hall–Kier alpha value is -0.730. The third kappa shape index (κ3) is 2.04. The Morgan fingerprint density at radius 1 is 1.44 bits per heavy atom. The van der Waals surface area contributed by atoms with Crippen LogP contribution in [0.15, 0.2) is 11.1 Å². The maximum Gasteiger partial charge on any atom is 0.248 e. The zero-order valence-corrected chi connectivity index (χ0v) is 10.6. The van der Waals surface area contributed by atoms with Crippen LogP contribution in [0.1, 0.15) is 0 Å². The van der Waals surface area contributed by atoms with Crippen LogP contribution in [0, 0.1) is 0 Å². The van der Waals surface area contributed by atoms with Gasteiger partial charge in [-0.2, -0.15) is 21.2 Å². The fourth-order valence-electron chi connectivity index (χ4n) is 1.61. The SMILES string of the molecule is Cn1cc(S(=O)(=O)N2CCSCC2)c(N)n1. The van der Waals surface area contributed by atoms with E-state index in [9.17, 15) is 8.42 Å². The number of hydrogen-bond donors (Lipinski definition) is 1. The standard InChI is InChI=1S/C8H14N4O2S2/c1-11-6-7(8(9)10-11)16(13,14)12-2-4-15-5-3-12/h6H,2-5H2,1H3,(H2,9,10). The van der Waals surface area contributed by atoms with Gasteiger partial charge in [0.25, 0.3) is 0 Å². The highest BCUT2D eigenvalue weighted by atomic mass is 32.2. The molecule has 0 radical (unpaired) electrons. The Labute approximate surface area is 98.8 Å². The van der Waals surface area contributed by atoms with E-state index in [0.717, 1.165) is 11.5 Å². The molecule has 2 N–H and O–H groups in total. The van der Waals surface area contributed by atoms with Crippen LogP contribution >= 0.6 is 11.8 Å². The Morgan fingerprint density at radius 3 is 2.56 bits per heavy atom. The number of sulfonamides is 1. The van der Waals surface area contributed by atoms with Crippen LogP contribution in [-0.4, -0.2) is 47.1 Å². The van der Waals surface area contributed by atoms with Gasteiger partial charge in [0, 0.05) is 37.8 Å². The van der Waals surface area contributed by atoms with E-state index < -0.39 is 10.0 Å². The average Bonchev–Trinajstić information content (AvgIpc) is 2.60. The highest BCUT2D eigenvalue weighted by Crippen LogP contribution is 2.23. The molecule has 0 aromatic carbocycles. The molecular weight excluding hydrogens is 248 g/mol. The molecular formula is C8H14N4O2S2. The van der Waals surface area contributed by atoms with Gasteiger partial charge in [-0.3, -0.25) is 4.68 Å². The van der Waals surface area contributed by atoms with E-state index in [4.69, 9.17) is 5.73 Å². The predicted molar refractivity (Wildman–Crippen MR) is 63.7 cm³/mol. The molecule has 0 amide bonds. The van der Waals surface area contributed by atoms with E-state index in [1.54, 1.807) is 18.8 Å². The van der Waals surface area contributed by atoms with Crippen molar-refractivity contribution in [3.8, 4) is 0 Å². The molecule has 16 heavy (non-hydrogen) atoms. The zero-order valence-electron chi connectivity index (χ0n) is 8.96. The summed E-state index contributed by atoms with van der Waals surface area (Å²) < 4.78 is 27.3. The van der Waals surface area contributed by atoms with Crippen molar-refractivity contribution >= 4 is 27.6 Å². The van der Waals surface area contributed by atoms with Crippen LogP contribution < -0.4 is 5.73 Å². The second kappa shape index (κ2) is 4.27. The maximum atomic E-state index is 12.2. The minimum absolute atomic E-state index is 0.0701. The van der Waals surface area contributed by atoms with E-state index in [-0.39, 0.29) is 10.7 Å². The summed E-state index contributed by atoms with van der Waals surface area (Å²) in [6, 6.07) is 0. The lowest BCUT2D eigenvalue weighted by atomic mass is 10.6. The zero-order chi connectivity index (χ0) is 11.8. The first-order valence-corrected chi connectivity index (χ1v) is 7.48. The smallest absolute Gasteiger partial charge is 0.248 e. The lowest BCUT2D eigenvalue weighted by Crippen LogP contribution is -2.38. The molecule has 2 heterocycles. The first-order chi connectivity index (χ1) is 7.51. The Bertz CT molecular complexity index is 476. The molecule has 0 spiro atoms. The predicted octanol–water partition coefficient (Wildman–Crippen LogP) is -0.260. The van der Waals surface area contributed by atoms with Crippen molar-refractivity contribution in [1.29, 1.82) is 0 Å². The van der Waals surface area contributed by atoms with Gasteiger partial charge in [0.05, 0.1) is 0 Å². The van der Waals surface area contributed by atoms with Crippen LogP contribution in [0.4, 0.5) is 5.82 Å². The highest BCUT2D eigenvalue weighted by Gasteiger charge is 2.29. The van der Waals surface area contributed by atoms with Crippen molar-refractivity contribution in [2.24, 2.45) is 7.05 Å². The molecule has 90 valence electrons. The summed E-state index contributed by atoms with van der Waals surface area (Å²) in [5.41, 5.74) is 5.59. The molecule has 2 rings (SSSR count). The van der Waals surface area contributed by atoms with Gasteiger partial charge in [0.1, 0.15) is 4.90 Å². The summed E-state index contributed by atoms with van der Waals surface area (Å²) in [6.45, 7) is 1.09. The Balaban J connectivity index is 2.34. The minimum Gasteiger partial charge on any atom is -0.381 e. The van der Waals surface area contributed by atoms with Crippen molar-refractivity contribution in [3.63, 3.8) is 0 Å². The van der Waals surface area contributed by atoms with Crippen molar-refractivity contribution in [1.82, 2.24) is 14.1 Å². The number of nitrogens with zero attached hydrogens (tertiary/aromatic N) is 3. The van der Waals surface area contributed by atoms with Crippen LogP contribution in [0.3, 0.4) is 0 Å². The summed E-state index contributed by atoms with van der Waals surface area (Å²) in [5.74, 6) is 1.74. The van der Waals surface area contributed by atoms with E-state index in [1.807, 2.05) is 0 Å². The lowest BCUT2D eigenvalue weighted by molar-refractivity contribution is 0.444. The quantitative estimate of drug-likeness (QED) is 0.794. The number of rotatable bonds is 2. The van der Waals surface area contributed by atoms with E-state index in [0.29, 0.717) is 13.1 Å². The fourth-order valence-corrected chi connectivity index (χ4v) is 4.28. The number of thioether (sulfide) groups is 1. The van der Waals surface area contributed by atoms with Crippen molar-refractivity contribution in [3.05, 3.63) is 6.20 Å².